The van der Waals surface area contributed by atoms with Crippen molar-refractivity contribution >= 4 is 0 Å². The van der Waals surface area contributed by atoms with Crippen molar-refractivity contribution in [3.05, 3.63) is 29.8 Å². The summed E-state index contributed by atoms with van der Waals surface area (Å²) in [5.74, 6) is 1.66. The van der Waals surface area contributed by atoms with Crippen molar-refractivity contribution in [1.29, 1.82) is 0 Å². The molecule has 0 radical (unpaired) electrons. The Labute approximate surface area is 130 Å². The molecule has 0 aromatic heterocycles. The molecule has 0 saturated heterocycles. The Morgan fingerprint density at radius 2 is 2.14 bits per heavy atom. The van der Waals surface area contributed by atoms with Crippen LogP contribution in [0, 0.1) is 11.3 Å². The Morgan fingerprint density at radius 1 is 1.33 bits per heavy atom. The van der Waals surface area contributed by atoms with Gasteiger partial charge in [-0.1, -0.05) is 45.7 Å². The van der Waals surface area contributed by atoms with E-state index in [2.05, 4.69) is 44.3 Å². The van der Waals surface area contributed by atoms with E-state index < -0.39 is 0 Å². The van der Waals surface area contributed by atoms with Crippen molar-refractivity contribution in [2.24, 2.45) is 11.3 Å². The van der Waals surface area contributed by atoms with Gasteiger partial charge in [-0.05, 0) is 54.8 Å². The molecule has 2 heteroatoms. The number of ether oxygens (including phenoxy) is 1. The van der Waals surface area contributed by atoms with Gasteiger partial charge in [-0.3, -0.25) is 0 Å². The van der Waals surface area contributed by atoms with Crippen LogP contribution < -0.4 is 10.1 Å². The molecule has 21 heavy (non-hydrogen) atoms. The van der Waals surface area contributed by atoms with Gasteiger partial charge in [-0.25, -0.2) is 0 Å². The topological polar surface area (TPSA) is 21.3 Å². The molecule has 2 atom stereocenters. The molecule has 118 valence electrons. The van der Waals surface area contributed by atoms with Gasteiger partial charge < -0.3 is 10.1 Å². The molecule has 1 fully saturated rings. The molecule has 0 aliphatic heterocycles. The molecule has 1 saturated carbocycles. The number of methoxy groups -OCH3 is 1. The fourth-order valence-electron chi connectivity index (χ4n) is 3.77. The number of benzene rings is 1. The summed E-state index contributed by atoms with van der Waals surface area (Å²) in [5.41, 5.74) is 1.79. The van der Waals surface area contributed by atoms with Gasteiger partial charge in [0, 0.05) is 6.04 Å². The van der Waals surface area contributed by atoms with Gasteiger partial charge in [0.25, 0.3) is 0 Å². The summed E-state index contributed by atoms with van der Waals surface area (Å²) < 4.78 is 5.42. The lowest BCUT2D eigenvalue weighted by Gasteiger charge is -2.44. The third-order valence-corrected chi connectivity index (χ3v) is 5.06. The van der Waals surface area contributed by atoms with Crippen LogP contribution in [0.5, 0.6) is 5.75 Å². The second-order valence-electron chi connectivity index (χ2n) is 7.05. The third-order valence-electron chi connectivity index (χ3n) is 5.06. The number of nitrogens with one attached hydrogen (secondary N) is 1. The minimum Gasteiger partial charge on any atom is -0.497 e. The molecule has 2 nitrogen and oxygen atoms in total. The Hall–Kier alpha value is -1.02. The molecule has 1 N–H and O–H groups in total. The van der Waals surface area contributed by atoms with Crippen LogP contribution in [0.3, 0.4) is 0 Å². The molecule has 0 amide bonds. The zero-order valence-electron chi connectivity index (χ0n) is 14.1. The van der Waals surface area contributed by atoms with E-state index >= 15 is 0 Å². The quantitative estimate of drug-likeness (QED) is 0.800. The second kappa shape index (κ2) is 7.31. The van der Waals surface area contributed by atoms with Crippen LogP contribution >= 0.6 is 0 Å². The highest BCUT2D eigenvalue weighted by molar-refractivity contribution is 5.31. The van der Waals surface area contributed by atoms with Crippen molar-refractivity contribution < 1.29 is 4.74 Å². The van der Waals surface area contributed by atoms with Gasteiger partial charge in [0.15, 0.2) is 0 Å². The van der Waals surface area contributed by atoms with Crippen molar-refractivity contribution in [2.75, 3.05) is 13.7 Å². The summed E-state index contributed by atoms with van der Waals surface area (Å²) in [5, 5.41) is 3.81. The monoisotopic (exact) mass is 289 g/mol. The molecule has 1 aromatic rings. The SMILES string of the molecule is CCCNC(c1cccc(OC)c1)C1CCCCC1(C)C. The molecule has 0 spiro atoms. The first-order chi connectivity index (χ1) is 10.1. The first-order valence-corrected chi connectivity index (χ1v) is 8.46. The van der Waals surface area contributed by atoms with E-state index in [0.717, 1.165) is 12.3 Å². The van der Waals surface area contributed by atoms with Crippen molar-refractivity contribution in [1.82, 2.24) is 5.32 Å². The normalized spacial score (nSPS) is 22.8. The molecule has 1 aliphatic carbocycles. The molecule has 1 aliphatic rings. The van der Waals surface area contributed by atoms with E-state index in [1.807, 2.05) is 6.07 Å². The van der Waals surface area contributed by atoms with Gasteiger partial charge in [0.1, 0.15) is 5.75 Å². The first-order valence-electron chi connectivity index (χ1n) is 8.46. The van der Waals surface area contributed by atoms with Crippen LogP contribution in [0.25, 0.3) is 0 Å². The highest BCUT2D eigenvalue weighted by atomic mass is 16.5. The maximum absolute atomic E-state index is 5.42. The Balaban J connectivity index is 2.28. The van der Waals surface area contributed by atoms with Gasteiger partial charge in [0.05, 0.1) is 7.11 Å². The number of rotatable bonds is 6. The zero-order valence-corrected chi connectivity index (χ0v) is 14.1. The average molecular weight is 289 g/mol. The van der Waals surface area contributed by atoms with Crippen LogP contribution in [-0.4, -0.2) is 13.7 Å². The largest absolute Gasteiger partial charge is 0.497 e. The molecule has 0 heterocycles. The number of hydrogen-bond donors (Lipinski definition) is 1. The van der Waals surface area contributed by atoms with Crippen molar-refractivity contribution in [3.8, 4) is 5.75 Å². The van der Waals surface area contributed by atoms with E-state index in [1.165, 1.54) is 37.7 Å². The van der Waals surface area contributed by atoms with Gasteiger partial charge in [-0.2, -0.15) is 0 Å². The second-order valence-corrected chi connectivity index (χ2v) is 7.05. The van der Waals surface area contributed by atoms with Crippen molar-refractivity contribution in [2.45, 2.75) is 58.9 Å². The lowest BCUT2D eigenvalue weighted by Crippen LogP contribution is -2.39. The lowest BCUT2D eigenvalue weighted by molar-refractivity contribution is 0.0981. The van der Waals surface area contributed by atoms with Crippen LogP contribution in [-0.2, 0) is 0 Å². The van der Waals surface area contributed by atoms with E-state index in [9.17, 15) is 0 Å². The standard InChI is InChI=1S/C19H31NO/c1-5-13-20-18(15-9-8-10-16(14-15)21-4)17-11-6-7-12-19(17,2)3/h8-10,14,17-18,20H,5-7,11-13H2,1-4H3. The smallest absolute Gasteiger partial charge is 0.119 e. The maximum atomic E-state index is 5.42. The molecular weight excluding hydrogens is 258 g/mol. The molecule has 2 unspecified atom stereocenters. The fraction of sp³-hybridized carbons (Fsp3) is 0.684. The minimum atomic E-state index is 0.409. The van der Waals surface area contributed by atoms with Gasteiger partial charge in [0.2, 0.25) is 0 Å². The van der Waals surface area contributed by atoms with E-state index in [0.29, 0.717) is 17.4 Å². The summed E-state index contributed by atoms with van der Waals surface area (Å²) in [6.07, 6.45) is 6.58. The summed E-state index contributed by atoms with van der Waals surface area (Å²) in [6.45, 7) is 8.20. The van der Waals surface area contributed by atoms with E-state index in [-0.39, 0.29) is 0 Å². The third kappa shape index (κ3) is 4.00. The Kier molecular flexibility index (Phi) is 5.69. The maximum Gasteiger partial charge on any atom is 0.119 e. The first kappa shape index (κ1) is 16.4. The summed E-state index contributed by atoms with van der Waals surface area (Å²) in [6, 6.07) is 9.05. The summed E-state index contributed by atoms with van der Waals surface area (Å²) in [4.78, 5) is 0. The molecule has 0 bridgehead atoms. The number of hydrogen-bond acceptors (Lipinski definition) is 2. The van der Waals surface area contributed by atoms with Crippen LogP contribution in [0.4, 0.5) is 0 Å². The predicted octanol–water partition coefficient (Wildman–Crippen LogP) is 4.95. The Bertz CT molecular complexity index is 441. The van der Waals surface area contributed by atoms with Crippen LogP contribution in [0.15, 0.2) is 24.3 Å². The molecule has 1 aromatic carbocycles. The lowest BCUT2D eigenvalue weighted by atomic mass is 9.64. The summed E-state index contributed by atoms with van der Waals surface area (Å²) >= 11 is 0. The fourth-order valence-corrected chi connectivity index (χ4v) is 3.77. The predicted molar refractivity (Wildman–Crippen MR) is 89.8 cm³/mol. The van der Waals surface area contributed by atoms with Crippen LogP contribution in [0.1, 0.15) is 64.5 Å². The van der Waals surface area contributed by atoms with Gasteiger partial charge in [-0.15, -0.1) is 0 Å². The highest BCUT2D eigenvalue weighted by Gasteiger charge is 2.37. The molecule has 2 rings (SSSR count). The highest BCUT2D eigenvalue weighted by Crippen LogP contribution is 2.47. The Morgan fingerprint density at radius 3 is 2.81 bits per heavy atom. The molecular formula is C19H31NO. The minimum absolute atomic E-state index is 0.409. The van der Waals surface area contributed by atoms with E-state index in [4.69, 9.17) is 4.74 Å². The van der Waals surface area contributed by atoms with Gasteiger partial charge >= 0.3 is 0 Å². The van der Waals surface area contributed by atoms with Crippen LogP contribution in [0.2, 0.25) is 0 Å². The summed E-state index contributed by atoms with van der Waals surface area (Å²) in [7, 11) is 1.75. The zero-order chi connectivity index (χ0) is 15.3. The van der Waals surface area contributed by atoms with Crippen molar-refractivity contribution in [3.63, 3.8) is 0 Å². The van der Waals surface area contributed by atoms with E-state index in [1.54, 1.807) is 7.11 Å². The average Bonchev–Trinajstić information content (AvgIpc) is 2.49.